The Bertz CT molecular complexity index is 314. The van der Waals surface area contributed by atoms with Gasteiger partial charge in [-0.15, -0.1) is 0 Å². The molecular weight excluding hydrogens is 166 g/mol. The molecule has 4 nitrogen and oxygen atoms in total. The second kappa shape index (κ2) is 3.30. The molecule has 13 heavy (non-hydrogen) atoms. The molecule has 1 unspecified atom stereocenters. The van der Waals surface area contributed by atoms with E-state index in [9.17, 15) is 0 Å². The maximum atomic E-state index is 5.17. The molecule has 1 N–H and O–H groups in total. The van der Waals surface area contributed by atoms with Gasteiger partial charge >= 0.3 is 0 Å². The van der Waals surface area contributed by atoms with Crippen LogP contribution in [0.2, 0.25) is 0 Å². The van der Waals surface area contributed by atoms with Crippen LogP contribution in [-0.4, -0.2) is 23.6 Å². The van der Waals surface area contributed by atoms with Crippen LogP contribution in [0.25, 0.3) is 0 Å². The molecule has 1 aromatic heterocycles. The molecule has 0 radical (unpaired) electrons. The molecule has 0 saturated carbocycles. The Labute approximate surface area is 77.4 Å². The van der Waals surface area contributed by atoms with Gasteiger partial charge in [-0.2, -0.15) is 0 Å². The number of rotatable bonds is 1. The lowest BCUT2D eigenvalue weighted by Crippen LogP contribution is -2.28. The predicted molar refractivity (Wildman–Crippen MR) is 48.7 cm³/mol. The summed E-state index contributed by atoms with van der Waals surface area (Å²) in [5, 5.41) is 3.31. The standard InChI is InChI=1S/C9H13N3O/c1-6-3-10-4-7-8(6)11-5-12-9(7)13-2/h5-6,10H,3-4H2,1-2H3. The lowest BCUT2D eigenvalue weighted by Gasteiger charge is -2.22. The zero-order valence-corrected chi connectivity index (χ0v) is 7.87. The van der Waals surface area contributed by atoms with Crippen LogP contribution in [0.4, 0.5) is 0 Å². The third-order valence-corrected chi connectivity index (χ3v) is 2.35. The van der Waals surface area contributed by atoms with Gasteiger partial charge in [-0.1, -0.05) is 6.92 Å². The molecule has 1 aliphatic rings. The van der Waals surface area contributed by atoms with Gasteiger partial charge in [0.1, 0.15) is 6.33 Å². The highest BCUT2D eigenvalue weighted by atomic mass is 16.5. The highest BCUT2D eigenvalue weighted by Crippen LogP contribution is 2.26. The SMILES string of the molecule is COc1ncnc2c1CNCC2C. The third-order valence-electron chi connectivity index (χ3n) is 2.35. The maximum absolute atomic E-state index is 5.17. The first kappa shape index (κ1) is 8.44. The fraction of sp³-hybridized carbons (Fsp3) is 0.556. The summed E-state index contributed by atoms with van der Waals surface area (Å²) in [7, 11) is 1.64. The van der Waals surface area contributed by atoms with E-state index in [4.69, 9.17) is 4.74 Å². The Balaban J connectivity index is 2.48. The van der Waals surface area contributed by atoms with Crippen LogP contribution in [0.15, 0.2) is 6.33 Å². The van der Waals surface area contributed by atoms with E-state index in [1.54, 1.807) is 13.4 Å². The first-order valence-corrected chi connectivity index (χ1v) is 4.41. The van der Waals surface area contributed by atoms with Gasteiger partial charge in [-0.25, -0.2) is 9.97 Å². The van der Waals surface area contributed by atoms with Crippen molar-refractivity contribution in [1.29, 1.82) is 0 Å². The van der Waals surface area contributed by atoms with Gasteiger partial charge in [-0.3, -0.25) is 0 Å². The van der Waals surface area contributed by atoms with Crippen molar-refractivity contribution in [3.63, 3.8) is 0 Å². The fourth-order valence-corrected chi connectivity index (χ4v) is 1.69. The Hall–Kier alpha value is -1.16. The number of nitrogens with zero attached hydrogens (tertiary/aromatic N) is 2. The van der Waals surface area contributed by atoms with Crippen molar-refractivity contribution in [2.45, 2.75) is 19.4 Å². The molecule has 0 bridgehead atoms. The van der Waals surface area contributed by atoms with Gasteiger partial charge in [-0.05, 0) is 0 Å². The van der Waals surface area contributed by atoms with E-state index < -0.39 is 0 Å². The highest BCUT2D eigenvalue weighted by molar-refractivity contribution is 5.33. The Morgan fingerprint density at radius 3 is 3.15 bits per heavy atom. The summed E-state index contributed by atoms with van der Waals surface area (Å²) < 4.78 is 5.17. The van der Waals surface area contributed by atoms with Crippen molar-refractivity contribution < 1.29 is 4.74 Å². The molecule has 1 atom stereocenters. The molecule has 0 aromatic carbocycles. The van der Waals surface area contributed by atoms with Crippen LogP contribution in [0.3, 0.4) is 0 Å². The normalized spacial score (nSPS) is 20.9. The number of hydrogen-bond donors (Lipinski definition) is 1. The molecule has 0 fully saturated rings. The van der Waals surface area contributed by atoms with E-state index in [0.717, 1.165) is 24.3 Å². The lowest BCUT2D eigenvalue weighted by atomic mass is 9.99. The monoisotopic (exact) mass is 179 g/mol. The fourth-order valence-electron chi connectivity index (χ4n) is 1.69. The number of hydrogen-bond acceptors (Lipinski definition) is 4. The summed E-state index contributed by atoms with van der Waals surface area (Å²) in [4.78, 5) is 8.35. The molecule has 0 spiro atoms. The number of nitrogens with one attached hydrogen (secondary N) is 1. The Kier molecular flexibility index (Phi) is 2.14. The quantitative estimate of drug-likeness (QED) is 0.689. The number of ether oxygens (including phenoxy) is 1. The lowest BCUT2D eigenvalue weighted by molar-refractivity contribution is 0.382. The summed E-state index contributed by atoms with van der Waals surface area (Å²) in [6.07, 6.45) is 1.57. The van der Waals surface area contributed by atoms with Gasteiger partial charge in [0, 0.05) is 24.6 Å². The average Bonchev–Trinajstić information content (AvgIpc) is 2.18. The summed E-state index contributed by atoms with van der Waals surface area (Å²) >= 11 is 0. The van der Waals surface area contributed by atoms with Crippen LogP contribution in [0.1, 0.15) is 24.1 Å². The minimum absolute atomic E-state index is 0.445. The van der Waals surface area contributed by atoms with E-state index in [-0.39, 0.29) is 0 Å². The van der Waals surface area contributed by atoms with Gasteiger partial charge < -0.3 is 10.1 Å². The molecule has 0 amide bonds. The second-order valence-electron chi connectivity index (χ2n) is 3.28. The summed E-state index contributed by atoms with van der Waals surface area (Å²) in [6, 6.07) is 0. The molecule has 1 aromatic rings. The minimum Gasteiger partial charge on any atom is -0.481 e. The van der Waals surface area contributed by atoms with E-state index in [1.807, 2.05) is 0 Å². The van der Waals surface area contributed by atoms with E-state index in [0.29, 0.717) is 11.8 Å². The predicted octanol–water partition coefficient (Wildman–Crippen LogP) is 0.692. The van der Waals surface area contributed by atoms with Gasteiger partial charge in [0.2, 0.25) is 5.88 Å². The summed E-state index contributed by atoms with van der Waals surface area (Å²) in [5.41, 5.74) is 2.22. The maximum Gasteiger partial charge on any atom is 0.220 e. The van der Waals surface area contributed by atoms with Crippen LogP contribution in [-0.2, 0) is 6.54 Å². The van der Waals surface area contributed by atoms with Crippen molar-refractivity contribution in [2.24, 2.45) is 0 Å². The zero-order valence-electron chi connectivity index (χ0n) is 7.87. The number of fused-ring (bicyclic) bond motifs is 1. The minimum atomic E-state index is 0.445. The van der Waals surface area contributed by atoms with E-state index >= 15 is 0 Å². The van der Waals surface area contributed by atoms with Crippen molar-refractivity contribution in [1.82, 2.24) is 15.3 Å². The van der Waals surface area contributed by atoms with E-state index in [2.05, 4.69) is 22.2 Å². The Morgan fingerprint density at radius 1 is 1.54 bits per heavy atom. The van der Waals surface area contributed by atoms with E-state index in [1.165, 1.54) is 0 Å². The molecule has 0 saturated heterocycles. The molecule has 0 aliphatic carbocycles. The van der Waals surface area contributed by atoms with Crippen molar-refractivity contribution in [3.05, 3.63) is 17.6 Å². The van der Waals surface area contributed by atoms with Crippen LogP contribution in [0.5, 0.6) is 5.88 Å². The first-order valence-electron chi connectivity index (χ1n) is 4.41. The molecular formula is C9H13N3O. The smallest absolute Gasteiger partial charge is 0.220 e. The summed E-state index contributed by atoms with van der Waals surface area (Å²) in [6.45, 7) is 3.94. The average molecular weight is 179 g/mol. The van der Waals surface area contributed by atoms with Gasteiger partial charge in [0.25, 0.3) is 0 Å². The Morgan fingerprint density at radius 2 is 2.38 bits per heavy atom. The molecule has 2 rings (SSSR count). The number of methoxy groups -OCH3 is 1. The van der Waals surface area contributed by atoms with Crippen molar-refractivity contribution in [3.8, 4) is 5.88 Å². The van der Waals surface area contributed by atoms with Crippen LogP contribution in [0, 0.1) is 0 Å². The molecule has 2 heterocycles. The highest BCUT2D eigenvalue weighted by Gasteiger charge is 2.20. The zero-order chi connectivity index (χ0) is 9.26. The van der Waals surface area contributed by atoms with Crippen LogP contribution < -0.4 is 10.1 Å². The number of aromatic nitrogens is 2. The van der Waals surface area contributed by atoms with Gasteiger partial charge in [0.15, 0.2) is 0 Å². The topological polar surface area (TPSA) is 47.0 Å². The summed E-state index contributed by atoms with van der Waals surface area (Å²) in [5.74, 6) is 1.14. The second-order valence-corrected chi connectivity index (χ2v) is 3.28. The van der Waals surface area contributed by atoms with Gasteiger partial charge in [0.05, 0.1) is 12.8 Å². The molecule has 70 valence electrons. The van der Waals surface area contributed by atoms with Crippen LogP contribution >= 0.6 is 0 Å². The molecule has 4 heteroatoms. The third kappa shape index (κ3) is 1.37. The largest absolute Gasteiger partial charge is 0.481 e. The first-order chi connectivity index (χ1) is 6.33. The molecule has 1 aliphatic heterocycles. The van der Waals surface area contributed by atoms with Crippen molar-refractivity contribution >= 4 is 0 Å². The van der Waals surface area contributed by atoms with Crippen molar-refractivity contribution in [2.75, 3.05) is 13.7 Å².